The van der Waals surface area contributed by atoms with E-state index in [1.807, 2.05) is 12.1 Å². The lowest BCUT2D eigenvalue weighted by molar-refractivity contribution is 0.0693. The van der Waals surface area contributed by atoms with Crippen molar-refractivity contribution in [1.82, 2.24) is 0 Å². The van der Waals surface area contributed by atoms with Crippen LogP contribution in [0.25, 0.3) is 64.6 Å². The summed E-state index contributed by atoms with van der Waals surface area (Å²) in [6, 6.07) is 29.7. The first-order valence-corrected chi connectivity index (χ1v) is 11.6. The van der Waals surface area contributed by atoms with Gasteiger partial charge in [-0.05, 0) is 76.8 Å². The predicted octanol–water partition coefficient (Wildman–Crippen LogP) is 7.85. The summed E-state index contributed by atoms with van der Waals surface area (Å²) < 4.78 is 0. The van der Waals surface area contributed by atoms with Gasteiger partial charge in [-0.2, -0.15) is 0 Å². The number of carbonyl (C=O) groups excluding carboxylic acids is 1. The zero-order chi connectivity index (χ0) is 23.4. The van der Waals surface area contributed by atoms with Crippen LogP contribution in [-0.2, 0) is 0 Å². The molecule has 3 nitrogen and oxygen atoms in total. The standard InChI is InChI=1S/C32H16O3/c33-31(22-3-1-2-4-23(22)32(34)35)24-15-20-12-11-18-8-6-16-5-7-17-9-10-19-13-14-21(24)30-28(19)26(17)25(16)27(18)29(20)30/h1-15H,(H,34,35). The normalized spacial score (nSPS) is 12.3. The van der Waals surface area contributed by atoms with Crippen molar-refractivity contribution in [3.05, 3.63) is 108 Å². The molecule has 8 aromatic carbocycles. The molecule has 0 heterocycles. The molecule has 35 heavy (non-hydrogen) atoms. The molecule has 0 saturated carbocycles. The minimum absolute atomic E-state index is 0.0200. The molecule has 0 fully saturated rings. The lowest BCUT2D eigenvalue weighted by Crippen LogP contribution is -2.10. The van der Waals surface area contributed by atoms with Crippen molar-refractivity contribution in [3.63, 3.8) is 0 Å². The number of rotatable bonds is 3. The third-order valence-corrected chi connectivity index (χ3v) is 7.65. The third kappa shape index (κ3) is 2.20. The highest BCUT2D eigenvalue weighted by molar-refractivity contribution is 6.45. The van der Waals surface area contributed by atoms with Gasteiger partial charge in [0, 0.05) is 11.1 Å². The smallest absolute Gasteiger partial charge is 0.336 e. The number of carbonyl (C=O) groups is 2. The molecule has 0 aliphatic carbocycles. The fourth-order valence-electron chi connectivity index (χ4n) is 6.19. The second kappa shape index (κ2) is 6.22. The van der Waals surface area contributed by atoms with Gasteiger partial charge in [-0.1, -0.05) is 78.9 Å². The molecule has 0 unspecified atom stereocenters. The molecule has 0 atom stereocenters. The van der Waals surface area contributed by atoms with Crippen LogP contribution >= 0.6 is 0 Å². The molecule has 8 rings (SSSR count). The van der Waals surface area contributed by atoms with Gasteiger partial charge < -0.3 is 5.11 Å². The Morgan fingerprint density at radius 2 is 0.886 bits per heavy atom. The van der Waals surface area contributed by atoms with Crippen LogP contribution in [-0.4, -0.2) is 16.9 Å². The quantitative estimate of drug-likeness (QED) is 0.170. The minimum atomic E-state index is -1.10. The fourth-order valence-corrected chi connectivity index (χ4v) is 6.19. The van der Waals surface area contributed by atoms with Crippen LogP contribution in [0.4, 0.5) is 0 Å². The monoisotopic (exact) mass is 448 g/mol. The molecular formula is C32H16O3. The first kappa shape index (κ1) is 18.6. The molecule has 0 aliphatic heterocycles. The predicted molar refractivity (Wildman–Crippen MR) is 142 cm³/mol. The summed E-state index contributed by atoms with van der Waals surface area (Å²) in [6.07, 6.45) is 0. The summed E-state index contributed by atoms with van der Waals surface area (Å²) in [5.74, 6) is -1.37. The summed E-state index contributed by atoms with van der Waals surface area (Å²) in [5.41, 5.74) is 0.761. The van der Waals surface area contributed by atoms with Gasteiger partial charge in [0.05, 0.1) is 5.56 Å². The second-order valence-electron chi connectivity index (χ2n) is 9.34. The van der Waals surface area contributed by atoms with Crippen molar-refractivity contribution in [2.45, 2.75) is 0 Å². The highest BCUT2D eigenvalue weighted by Crippen LogP contribution is 2.49. The second-order valence-corrected chi connectivity index (χ2v) is 9.34. The van der Waals surface area contributed by atoms with Gasteiger partial charge in [-0.3, -0.25) is 4.79 Å². The fraction of sp³-hybridized carbons (Fsp3) is 0. The Bertz CT molecular complexity index is 2090. The lowest BCUT2D eigenvalue weighted by Gasteiger charge is -2.21. The van der Waals surface area contributed by atoms with Crippen molar-refractivity contribution < 1.29 is 14.7 Å². The van der Waals surface area contributed by atoms with E-state index in [-0.39, 0.29) is 16.9 Å². The van der Waals surface area contributed by atoms with E-state index in [2.05, 4.69) is 54.6 Å². The van der Waals surface area contributed by atoms with Gasteiger partial charge in [0.25, 0.3) is 0 Å². The van der Waals surface area contributed by atoms with Gasteiger partial charge in [-0.15, -0.1) is 0 Å². The number of aromatic carboxylic acids is 1. The molecule has 162 valence electrons. The molecule has 0 amide bonds. The maximum absolute atomic E-state index is 13.9. The molecule has 0 saturated heterocycles. The van der Waals surface area contributed by atoms with Crippen LogP contribution in [0.5, 0.6) is 0 Å². The molecular weight excluding hydrogens is 432 g/mol. The number of hydrogen-bond donors (Lipinski definition) is 1. The van der Waals surface area contributed by atoms with Crippen molar-refractivity contribution in [1.29, 1.82) is 0 Å². The highest BCUT2D eigenvalue weighted by Gasteiger charge is 2.25. The lowest BCUT2D eigenvalue weighted by atomic mass is 9.81. The zero-order valence-electron chi connectivity index (χ0n) is 18.4. The Kier molecular flexibility index (Phi) is 3.31. The Morgan fingerprint density at radius 3 is 1.43 bits per heavy atom. The summed E-state index contributed by atoms with van der Waals surface area (Å²) in [7, 11) is 0. The minimum Gasteiger partial charge on any atom is -0.478 e. The third-order valence-electron chi connectivity index (χ3n) is 7.65. The summed E-state index contributed by atoms with van der Waals surface area (Å²) >= 11 is 0. The molecule has 0 radical (unpaired) electrons. The topological polar surface area (TPSA) is 54.4 Å². The molecule has 3 heteroatoms. The average molecular weight is 448 g/mol. The zero-order valence-corrected chi connectivity index (χ0v) is 18.4. The Hall–Kier alpha value is -4.76. The summed E-state index contributed by atoms with van der Waals surface area (Å²) in [4.78, 5) is 25.8. The van der Waals surface area contributed by atoms with Crippen LogP contribution in [0, 0.1) is 0 Å². The van der Waals surface area contributed by atoms with Crippen LogP contribution in [0.3, 0.4) is 0 Å². The first-order valence-electron chi connectivity index (χ1n) is 11.6. The van der Waals surface area contributed by atoms with Gasteiger partial charge in [0.2, 0.25) is 0 Å². The number of carboxylic acids is 1. The molecule has 0 bridgehead atoms. The SMILES string of the molecule is O=C(O)c1ccccc1C(=O)c1cc2ccc3ccc4ccc5ccc6ccc1c1c6c5c4c3c21. The van der Waals surface area contributed by atoms with Gasteiger partial charge in [0.15, 0.2) is 5.78 Å². The van der Waals surface area contributed by atoms with E-state index in [1.54, 1.807) is 18.2 Å². The van der Waals surface area contributed by atoms with Crippen molar-refractivity contribution >= 4 is 76.4 Å². The van der Waals surface area contributed by atoms with Crippen molar-refractivity contribution in [2.24, 2.45) is 0 Å². The van der Waals surface area contributed by atoms with Crippen LogP contribution in [0.1, 0.15) is 26.3 Å². The Balaban J connectivity index is 1.63. The van der Waals surface area contributed by atoms with Crippen molar-refractivity contribution in [3.8, 4) is 0 Å². The van der Waals surface area contributed by atoms with Crippen LogP contribution in [0.15, 0.2) is 91.0 Å². The number of ketones is 1. The summed E-state index contributed by atoms with van der Waals surface area (Å²) in [6.45, 7) is 0. The highest BCUT2D eigenvalue weighted by atomic mass is 16.4. The Morgan fingerprint density at radius 1 is 0.457 bits per heavy atom. The van der Waals surface area contributed by atoms with E-state index in [0.29, 0.717) is 5.56 Å². The van der Waals surface area contributed by atoms with E-state index in [1.165, 1.54) is 49.2 Å². The van der Waals surface area contributed by atoms with Crippen LogP contribution < -0.4 is 0 Å². The van der Waals surface area contributed by atoms with Crippen molar-refractivity contribution in [2.75, 3.05) is 0 Å². The molecule has 8 aromatic rings. The Labute approximate surface area is 198 Å². The summed E-state index contributed by atoms with van der Waals surface area (Å²) in [5, 5.41) is 23.4. The molecule has 0 spiro atoms. The number of benzene rings is 8. The van der Waals surface area contributed by atoms with Gasteiger partial charge in [0.1, 0.15) is 0 Å². The largest absolute Gasteiger partial charge is 0.478 e. The van der Waals surface area contributed by atoms with E-state index in [4.69, 9.17) is 0 Å². The first-order chi connectivity index (χ1) is 17.1. The maximum atomic E-state index is 13.9. The average Bonchev–Trinajstić information content (AvgIpc) is 2.90. The maximum Gasteiger partial charge on any atom is 0.336 e. The van der Waals surface area contributed by atoms with Gasteiger partial charge in [-0.25, -0.2) is 4.79 Å². The molecule has 1 N–H and O–H groups in total. The van der Waals surface area contributed by atoms with Gasteiger partial charge >= 0.3 is 5.97 Å². The van der Waals surface area contributed by atoms with Crippen LogP contribution in [0.2, 0.25) is 0 Å². The number of carboxylic acid groups (broad SMARTS) is 1. The molecule has 0 aromatic heterocycles. The van der Waals surface area contributed by atoms with E-state index < -0.39 is 5.97 Å². The van der Waals surface area contributed by atoms with E-state index in [0.717, 1.165) is 21.5 Å². The van der Waals surface area contributed by atoms with E-state index in [9.17, 15) is 14.7 Å². The molecule has 0 aliphatic rings. The number of hydrogen-bond acceptors (Lipinski definition) is 2. The van der Waals surface area contributed by atoms with E-state index >= 15 is 0 Å².